The molecule has 0 unspecified atom stereocenters. The molecule has 0 bridgehead atoms. The quantitative estimate of drug-likeness (QED) is 0.213. The van der Waals surface area contributed by atoms with E-state index >= 15 is 0 Å². The fourth-order valence-corrected chi connectivity index (χ4v) is 1.30. The molecule has 0 atom stereocenters. The van der Waals surface area contributed by atoms with Gasteiger partial charge in [0.25, 0.3) is 0 Å². The zero-order valence-corrected chi connectivity index (χ0v) is 13.3. The summed E-state index contributed by atoms with van der Waals surface area (Å²) in [5, 5.41) is 0. The molecule has 0 saturated carbocycles. The molecule has 128 valence electrons. The summed E-state index contributed by atoms with van der Waals surface area (Å²) in [5.74, 6) is 2.39. The Balaban J connectivity index is 2.94. The van der Waals surface area contributed by atoms with Gasteiger partial charge in [-0.25, -0.2) is 0 Å². The van der Waals surface area contributed by atoms with E-state index in [2.05, 4.69) is 12.5 Å². The van der Waals surface area contributed by atoms with Crippen LogP contribution in [0, 0.1) is 12.3 Å². The van der Waals surface area contributed by atoms with Crippen LogP contribution in [0.4, 0.5) is 0 Å². The fraction of sp³-hybridized carbons (Fsp3) is 0.750. The third-order valence-corrected chi connectivity index (χ3v) is 2.28. The first-order valence-corrected chi connectivity index (χ1v) is 7.42. The maximum Gasteiger partial charge on any atom is 0.107 e. The van der Waals surface area contributed by atoms with Crippen molar-refractivity contribution in [3.05, 3.63) is 12.7 Å². The molecule has 0 radical (unpaired) electrons. The van der Waals surface area contributed by atoms with Gasteiger partial charge in [0.2, 0.25) is 0 Å². The highest BCUT2D eigenvalue weighted by Gasteiger charge is 1.93. The van der Waals surface area contributed by atoms with Crippen LogP contribution in [0.2, 0.25) is 0 Å². The average molecular weight is 316 g/mol. The van der Waals surface area contributed by atoms with Crippen molar-refractivity contribution in [2.45, 2.75) is 0 Å². The molecule has 0 heterocycles. The Hall–Kier alpha value is -0.940. The molecule has 0 aromatic heterocycles. The minimum Gasteiger partial charge on any atom is -0.377 e. The third kappa shape index (κ3) is 19.1. The van der Waals surface area contributed by atoms with E-state index in [0.29, 0.717) is 79.3 Å². The van der Waals surface area contributed by atoms with Crippen LogP contribution in [0.3, 0.4) is 0 Å². The Morgan fingerprint density at radius 3 is 1.36 bits per heavy atom. The van der Waals surface area contributed by atoms with Gasteiger partial charge in [-0.2, -0.15) is 0 Å². The Morgan fingerprint density at radius 2 is 1.00 bits per heavy atom. The van der Waals surface area contributed by atoms with Crippen LogP contribution in [0.5, 0.6) is 0 Å². The Labute approximate surface area is 133 Å². The molecule has 0 saturated heterocycles. The second-order valence-electron chi connectivity index (χ2n) is 4.07. The molecular weight excluding hydrogens is 288 g/mol. The smallest absolute Gasteiger partial charge is 0.107 e. The van der Waals surface area contributed by atoms with Crippen molar-refractivity contribution in [3.8, 4) is 12.3 Å². The molecule has 0 spiro atoms. The molecule has 0 N–H and O–H groups in total. The van der Waals surface area contributed by atoms with E-state index in [1.807, 2.05) is 0 Å². The summed E-state index contributed by atoms with van der Waals surface area (Å²) < 4.78 is 31.5. The van der Waals surface area contributed by atoms with Crippen LogP contribution in [-0.4, -0.2) is 79.3 Å². The molecule has 0 fully saturated rings. The molecule has 0 amide bonds. The summed E-state index contributed by atoms with van der Waals surface area (Å²) in [6.07, 6.45) is 6.75. The van der Waals surface area contributed by atoms with Crippen LogP contribution < -0.4 is 0 Å². The molecule has 0 aliphatic carbocycles. The molecule has 0 aliphatic rings. The van der Waals surface area contributed by atoms with E-state index in [1.165, 1.54) is 0 Å². The van der Waals surface area contributed by atoms with Gasteiger partial charge in [-0.1, -0.05) is 12.0 Å². The summed E-state index contributed by atoms with van der Waals surface area (Å²) >= 11 is 0. The number of rotatable bonds is 18. The largest absolute Gasteiger partial charge is 0.377 e. The zero-order valence-electron chi connectivity index (χ0n) is 13.3. The lowest BCUT2D eigenvalue weighted by Crippen LogP contribution is -2.14. The lowest BCUT2D eigenvalue weighted by molar-refractivity contribution is -0.0143. The summed E-state index contributed by atoms with van der Waals surface area (Å²) in [6, 6.07) is 0. The van der Waals surface area contributed by atoms with Crippen molar-refractivity contribution >= 4 is 0 Å². The Bertz CT molecular complexity index is 264. The van der Waals surface area contributed by atoms with Crippen molar-refractivity contribution in [1.82, 2.24) is 0 Å². The van der Waals surface area contributed by atoms with Gasteiger partial charge in [-0.3, -0.25) is 0 Å². The maximum atomic E-state index is 5.35. The standard InChI is InChI=1S/C16H28O6/c1-3-5-17-7-9-19-11-13-21-15-16-22-14-12-20-10-8-18-6-4-2/h1,4H,2,5-16H2. The first-order valence-electron chi connectivity index (χ1n) is 7.42. The number of ether oxygens (including phenoxy) is 6. The van der Waals surface area contributed by atoms with Gasteiger partial charge in [0, 0.05) is 0 Å². The highest BCUT2D eigenvalue weighted by Crippen LogP contribution is 1.84. The fourth-order valence-electron chi connectivity index (χ4n) is 1.30. The van der Waals surface area contributed by atoms with Gasteiger partial charge in [0.15, 0.2) is 0 Å². The summed E-state index contributed by atoms with van der Waals surface area (Å²) in [5.41, 5.74) is 0. The molecule has 0 rings (SSSR count). The van der Waals surface area contributed by atoms with Crippen LogP contribution in [0.25, 0.3) is 0 Å². The van der Waals surface area contributed by atoms with Gasteiger partial charge in [-0.05, 0) is 0 Å². The van der Waals surface area contributed by atoms with E-state index in [0.717, 1.165) is 0 Å². The van der Waals surface area contributed by atoms with E-state index in [4.69, 9.17) is 34.8 Å². The van der Waals surface area contributed by atoms with Crippen LogP contribution >= 0.6 is 0 Å². The first kappa shape index (κ1) is 21.1. The van der Waals surface area contributed by atoms with Crippen molar-refractivity contribution in [1.29, 1.82) is 0 Å². The lowest BCUT2D eigenvalue weighted by atomic mass is 10.6. The molecule has 0 aromatic rings. The van der Waals surface area contributed by atoms with E-state index in [1.54, 1.807) is 6.08 Å². The van der Waals surface area contributed by atoms with Crippen LogP contribution in [-0.2, 0) is 28.4 Å². The van der Waals surface area contributed by atoms with Gasteiger partial charge in [0.05, 0.1) is 72.7 Å². The normalized spacial score (nSPS) is 10.5. The topological polar surface area (TPSA) is 55.4 Å². The van der Waals surface area contributed by atoms with Crippen molar-refractivity contribution in [2.75, 3.05) is 79.3 Å². The predicted molar refractivity (Wildman–Crippen MR) is 83.9 cm³/mol. The molecule has 22 heavy (non-hydrogen) atoms. The predicted octanol–water partition coefficient (Wildman–Crippen LogP) is 0.905. The molecule has 0 aromatic carbocycles. The highest BCUT2D eigenvalue weighted by molar-refractivity contribution is 4.82. The van der Waals surface area contributed by atoms with E-state index in [-0.39, 0.29) is 0 Å². The summed E-state index contributed by atoms with van der Waals surface area (Å²) in [6.45, 7) is 9.86. The van der Waals surface area contributed by atoms with Crippen molar-refractivity contribution in [3.63, 3.8) is 0 Å². The minimum absolute atomic E-state index is 0.322. The molecule has 6 heteroatoms. The van der Waals surface area contributed by atoms with E-state index in [9.17, 15) is 0 Å². The van der Waals surface area contributed by atoms with Crippen molar-refractivity contribution in [2.24, 2.45) is 0 Å². The zero-order chi connectivity index (χ0) is 16.1. The summed E-state index contributed by atoms with van der Waals surface area (Å²) in [7, 11) is 0. The molecule has 6 nitrogen and oxygen atoms in total. The molecule has 0 aliphatic heterocycles. The number of hydrogen-bond acceptors (Lipinski definition) is 6. The van der Waals surface area contributed by atoms with Crippen LogP contribution in [0.1, 0.15) is 0 Å². The highest BCUT2D eigenvalue weighted by atomic mass is 16.6. The second kappa shape index (κ2) is 20.1. The molecular formula is C16H28O6. The van der Waals surface area contributed by atoms with Crippen molar-refractivity contribution < 1.29 is 28.4 Å². The maximum absolute atomic E-state index is 5.35. The van der Waals surface area contributed by atoms with Gasteiger partial charge in [0.1, 0.15) is 6.61 Å². The lowest BCUT2D eigenvalue weighted by Gasteiger charge is -2.07. The van der Waals surface area contributed by atoms with Gasteiger partial charge < -0.3 is 28.4 Å². The minimum atomic E-state index is 0.322. The number of hydrogen-bond donors (Lipinski definition) is 0. The van der Waals surface area contributed by atoms with Gasteiger partial charge >= 0.3 is 0 Å². The Morgan fingerprint density at radius 1 is 0.636 bits per heavy atom. The van der Waals surface area contributed by atoms with E-state index < -0.39 is 0 Å². The third-order valence-electron chi connectivity index (χ3n) is 2.28. The van der Waals surface area contributed by atoms with Gasteiger partial charge in [-0.15, -0.1) is 13.0 Å². The second-order valence-corrected chi connectivity index (χ2v) is 4.07. The first-order chi connectivity index (χ1) is 10.9. The Kier molecular flexibility index (Phi) is 19.2. The van der Waals surface area contributed by atoms with Crippen LogP contribution in [0.15, 0.2) is 12.7 Å². The monoisotopic (exact) mass is 316 g/mol. The number of terminal acetylenes is 1. The average Bonchev–Trinajstić information content (AvgIpc) is 2.54. The summed E-state index contributed by atoms with van der Waals surface area (Å²) in [4.78, 5) is 0. The SMILES string of the molecule is C#CCOCCOCCOCCOCCOCCOCC=C.